The van der Waals surface area contributed by atoms with Crippen molar-refractivity contribution < 1.29 is 34.1 Å². The van der Waals surface area contributed by atoms with Gasteiger partial charge in [0.05, 0.1) is 35.1 Å². The Labute approximate surface area is 315 Å². The average molecular weight is 738 g/mol. The van der Waals surface area contributed by atoms with Crippen molar-refractivity contribution in [1.29, 1.82) is 0 Å². The molecule has 1 amide bonds. The first kappa shape index (κ1) is 35.6. The zero-order valence-corrected chi connectivity index (χ0v) is 31.8. The number of esters is 1. The van der Waals surface area contributed by atoms with Crippen molar-refractivity contribution >= 4 is 28.6 Å². The maximum absolute atomic E-state index is 13.7. The van der Waals surface area contributed by atoms with Gasteiger partial charge in [-0.05, 0) is 110 Å². The minimum absolute atomic E-state index is 0.0192. The largest absolute Gasteiger partial charge is 0.508 e. The third kappa shape index (κ3) is 5.09. The summed E-state index contributed by atoms with van der Waals surface area (Å²) < 4.78 is 13.3. The quantitative estimate of drug-likeness (QED) is 0.237. The van der Waals surface area contributed by atoms with E-state index in [9.17, 15) is 29.4 Å². The Kier molecular flexibility index (Phi) is 8.22. The van der Waals surface area contributed by atoms with E-state index in [0.717, 1.165) is 50.5 Å². The number of ether oxygens (including phenoxy) is 2. The molecule has 4 aliphatic carbocycles. The number of aromatic hydroxyl groups is 1. The fraction of sp³-hybridized carbons (Fsp3) is 0.605. The van der Waals surface area contributed by atoms with Crippen LogP contribution < -0.4 is 5.56 Å². The molecule has 4 saturated carbocycles. The molecule has 286 valence electrons. The van der Waals surface area contributed by atoms with Gasteiger partial charge in [-0.3, -0.25) is 14.4 Å². The molecule has 1 aromatic carbocycles. The molecule has 4 heterocycles. The number of ketones is 1. The Morgan fingerprint density at radius 3 is 2.65 bits per heavy atom. The van der Waals surface area contributed by atoms with Crippen LogP contribution in [0.3, 0.4) is 0 Å². The Morgan fingerprint density at radius 2 is 1.85 bits per heavy atom. The zero-order valence-electron chi connectivity index (χ0n) is 31.8. The van der Waals surface area contributed by atoms with E-state index in [1.54, 1.807) is 41.6 Å². The molecule has 0 radical (unpaired) electrons. The van der Waals surface area contributed by atoms with Gasteiger partial charge < -0.3 is 29.2 Å². The van der Waals surface area contributed by atoms with Crippen LogP contribution in [0.15, 0.2) is 29.1 Å². The van der Waals surface area contributed by atoms with Gasteiger partial charge in [-0.15, -0.1) is 0 Å². The van der Waals surface area contributed by atoms with Gasteiger partial charge in [0.2, 0.25) is 5.91 Å². The van der Waals surface area contributed by atoms with Gasteiger partial charge in [0.15, 0.2) is 5.60 Å². The number of pyridine rings is 2. The number of carbonyl (C=O) groups excluding carboxylic acids is 3. The van der Waals surface area contributed by atoms with E-state index in [1.807, 2.05) is 6.07 Å². The Balaban J connectivity index is 0.910. The summed E-state index contributed by atoms with van der Waals surface area (Å²) in [7, 11) is 1.72. The lowest BCUT2D eigenvalue weighted by Gasteiger charge is -2.60. The van der Waals surface area contributed by atoms with Crippen LogP contribution in [0, 0.1) is 34.5 Å². The van der Waals surface area contributed by atoms with Crippen LogP contribution in [0.1, 0.15) is 107 Å². The number of likely N-dealkylation sites (N-methyl/N-ethyl adjacent to an activating group) is 1. The van der Waals surface area contributed by atoms with Crippen LogP contribution in [-0.2, 0) is 49.2 Å². The maximum Gasteiger partial charge on any atom is 0.343 e. The SMILES string of the molecule is CC[C@@]1(O)C(=O)OCc2c1cc1n(c2=O)Cc2cc3c(CN(C)C(=O)CO[C@H]4CC[C@H]5C6CC[C@H]7CC(=O)CC[C@]7(C)[C@H]6CC[C@]45C)c(O)ccc3nc2-1. The van der Waals surface area contributed by atoms with Crippen molar-refractivity contribution in [2.24, 2.45) is 34.5 Å². The fourth-order valence-electron chi connectivity index (χ4n) is 12.1. The Hall–Kier alpha value is -4.09. The highest BCUT2D eigenvalue weighted by Crippen LogP contribution is 2.66. The smallest absolute Gasteiger partial charge is 0.343 e. The number of hydrogen-bond donors (Lipinski definition) is 2. The number of cyclic esters (lactones) is 1. The summed E-state index contributed by atoms with van der Waals surface area (Å²) >= 11 is 0. The van der Waals surface area contributed by atoms with Crippen LogP contribution in [0.4, 0.5) is 0 Å². The van der Waals surface area contributed by atoms with Gasteiger partial charge in [0.1, 0.15) is 24.7 Å². The van der Waals surface area contributed by atoms with E-state index in [1.165, 1.54) is 12.8 Å². The molecule has 2 aromatic heterocycles. The van der Waals surface area contributed by atoms with E-state index < -0.39 is 11.6 Å². The Morgan fingerprint density at radius 1 is 1.06 bits per heavy atom. The molecule has 4 fully saturated rings. The number of hydrogen-bond acceptors (Lipinski definition) is 9. The summed E-state index contributed by atoms with van der Waals surface area (Å²) in [6.45, 7) is 6.68. The van der Waals surface area contributed by atoms with Crippen molar-refractivity contribution in [1.82, 2.24) is 14.5 Å². The lowest BCUT2D eigenvalue weighted by atomic mass is 9.45. The fourth-order valence-corrected chi connectivity index (χ4v) is 12.1. The minimum Gasteiger partial charge on any atom is -0.508 e. The summed E-state index contributed by atoms with van der Waals surface area (Å²) in [6.07, 6.45) is 9.30. The average Bonchev–Trinajstić information content (AvgIpc) is 3.69. The second-order valence-corrected chi connectivity index (χ2v) is 17.8. The summed E-state index contributed by atoms with van der Waals surface area (Å²) in [5.41, 5.74) is 1.56. The van der Waals surface area contributed by atoms with Gasteiger partial charge in [-0.25, -0.2) is 9.78 Å². The second-order valence-electron chi connectivity index (χ2n) is 17.8. The number of benzene rings is 1. The second kappa shape index (κ2) is 12.5. The van der Waals surface area contributed by atoms with Crippen LogP contribution in [0.5, 0.6) is 5.75 Å². The molecule has 0 bridgehead atoms. The van der Waals surface area contributed by atoms with Crippen molar-refractivity contribution in [3.05, 3.63) is 56.9 Å². The highest BCUT2D eigenvalue weighted by molar-refractivity contribution is 5.90. The number of aliphatic hydroxyl groups is 1. The molecular formula is C43H51N3O8. The van der Waals surface area contributed by atoms with Crippen LogP contribution in [0.2, 0.25) is 0 Å². The first-order chi connectivity index (χ1) is 25.8. The molecule has 2 N–H and O–H groups in total. The molecular weight excluding hydrogens is 686 g/mol. The lowest BCUT2D eigenvalue weighted by molar-refractivity contribution is -0.172. The molecule has 0 saturated heterocycles. The molecule has 8 atom stereocenters. The van der Waals surface area contributed by atoms with Crippen molar-refractivity contribution in [3.8, 4) is 17.1 Å². The van der Waals surface area contributed by atoms with Gasteiger partial charge in [-0.1, -0.05) is 20.8 Å². The van der Waals surface area contributed by atoms with Gasteiger partial charge in [0.25, 0.3) is 5.56 Å². The van der Waals surface area contributed by atoms with E-state index in [2.05, 4.69) is 13.8 Å². The number of Topliss-reactive ketones (excluding diaryl/α,β-unsaturated/α-hetero) is 1. The van der Waals surface area contributed by atoms with Gasteiger partial charge in [0, 0.05) is 48.5 Å². The number of phenols is 1. The van der Waals surface area contributed by atoms with Crippen molar-refractivity contribution in [3.63, 3.8) is 0 Å². The monoisotopic (exact) mass is 737 g/mol. The zero-order chi connectivity index (χ0) is 37.9. The number of nitrogens with zero attached hydrogens (tertiary/aromatic N) is 3. The predicted molar refractivity (Wildman–Crippen MR) is 199 cm³/mol. The number of rotatable bonds is 6. The van der Waals surface area contributed by atoms with E-state index in [4.69, 9.17) is 14.5 Å². The van der Waals surface area contributed by atoms with Crippen molar-refractivity contribution in [2.45, 2.75) is 116 Å². The third-order valence-electron chi connectivity index (χ3n) is 15.4. The summed E-state index contributed by atoms with van der Waals surface area (Å²) in [5, 5.41) is 23.0. The first-order valence-corrected chi connectivity index (χ1v) is 20.0. The minimum atomic E-state index is -1.91. The molecule has 9 rings (SSSR count). The number of phenolic OH excluding ortho intramolecular Hbond substituents is 1. The van der Waals surface area contributed by atoms with Crippen LogP contribution >= 0.6 is 0 Å². The summed E-state index contributed by atoms with van der Waals surface area (Å²) in [4.78, 5) is 58.7. The van der Waals surface area contributed by atoms with E-state index in [-0.39, 0.29) is 78.0 Å². The van der Waals surface area contributed by atoms with Crippen molar-refractivity contribution in [2.75, 3.05) is 13.7 Å². The van der Waals surface area contributed by atoms with Gasteiger partial charge >= 0.3 is 5.97 Å². The Bertz CT molecular complexity index is 2180. The molecule has 0 spiro atoms. The highest BCUT2D eigenvalue weighted by Gasteiger charge is 2.60. The predicted octanol–water partition coefficient (Wildman–Crippen LogP) is 5.74. The molecule has 3 aromatic rings. The van der Waals surface area contributed by atoms with Gasteiger partial charge in [-0.2, -0.15) is 0 Å². The molecule has 2 aliphatic heterocycles. The third-order valence-corrected chi connectivity index (χ3v) is 15.4. The molecule has 1 unspecified atom stereocenters. The molecule has 11 nitrogen and oxygen atoms in total. The lowest BCUT2D eigenvalue weighted by Crippen LogP contribution is -2.54. The normalized spacial score (nSPS) is 33.6. The number of fused-ring (bicyclic) bond motifs is 10. The topological polar surface area (TPSA) is 148 Å². The standard InChI is InChI=1S/C43H51N3O8/c1-5-43(52)32-18-34-38-23(19-46(34)39(50)29(32)21-54-40(43)51)16-27-28(35(48)10-9-33(27)44-38)20-45(4)37(49)22-53-36-11-8-30-26-7-6-24-17-25(47)12-14-41(24,2)31(26)13-15-42(30,36)3/h9-10,16,18,24,26,30-31,36,48,52H,5-8,11-15,17,19-22H2,1-4H3/t24-,26?,30-,31-,36-,41-,42-,43-/m0/s1. The number of amides is 1. The summed E-state index contributed by atoms with van der Waals surface area (Å²) in [6, 6.07) is 6.88. The molecule has 54 heavy (non-hydrogen) atoms. The highest BCUT2D eigenvalue weighted by atomic mass is 16.6. The van der Waals surface area contributed by atoms with E-state index >= 15 is 0 Å². The first-order valence-electron chi connectivity index (χ1n) is 20.0. The van der Waals surface area contributed by atoms with Crippen LogP contribution in [0.25, 0.3) is 22.3 Å². The van der Waals surface area contributed by atoms with Crippen LogP contribution in [-0.4, -0.2) is 62.1 Å². The number of carbonyl (C=O) groups is 3. The molecule has 6 aliphatic rings. The number of aromatic nitrogens is 2. The molecule has 11 heteroatoms. The summed E-state index contributed by atoms with van der Waals surface area (Å²) in [5.74, 6) is 1.99. The maximum atomic E-state index is 13.7. The van der Waals surface area contributed by atoms with E-state index in [0.29, 0.717) is 57.3 Å².